The van der Waals surface area contributed by atoms with Gasteiger partial charge in [0.1, 0.15) is 5.76 Å². The summed E-state index contributed by atoms with van der Waals surface area (Å²) < 4.78 is 5.39. The standard InChI is InChI=1S/C9H12N2O/c1-5-4-6(5)7-2-3-8(12-7)9(10)11/h2-3,5-6H,4H2,1H3,(H3,10,11). The number of hydrogen-bond donors (Lipinski definition) is 2. The van der Waals surface area contributed by atoms with Gasteiger partial charge < -0.3 is 10.2 Å². The van der Waals surface area contributed by atoms with Crippen molar-refractivity contribution in [2.45, 2.75) is 19.3 Å². The topological polar surface area (TPSA) is 63.0 Å². The lowest BCUT2D eigenvalue weighted by molar-refractivity contribution is 0.497. The van der Waals surface area contributed by atoms with Gasteiger partial charge in [0.2, 0.25) is 0 Å². The predicted molar refractivity (Wildman–Crippen MR) is 46.2 cm³/mol. The van der Waals surface area contributed by atoms with E-state index in [1.807, 2.05) is 6.07 Å². The van der Waals surface area contributed by atoms with E-state index in [2.05, 4.69) is 6.92 Å². The first-order valence-corrected chi connectivity index (χ1v) is 4.12. The molecule has 2 rings (SSSR count). The van der Waals surface area contributed by atoms with Crippen molar-refractivity contribution in [2.24, 2.45) is 11.7 Å². The summed E-state index contributed by atoms with van der Waals surface area (Å²) in [6.07, 6.45) is 1.20. The van der Waals surface area contributed by atoms with Gasteiger partial charge in [0, 0.05) is 5.92 Å². The molecule has 0 aromatic carbocycles. The monoisotopic (exact) mass is 164 g/mol. The molecule has 3 N–H and O–H groups in total. The Balaban J connectivity index is 2.19. The summed E-state index contributed by atoms with van der Waals surface area (Å²) in [6.45, 7) is 2.20. The lowest BCUT2D eigenvalue weighted by atomic mass is 10.3. The highest BCUT2D eigenvalue weighted by atomic mass is 16.3. The summed E-state index contributed by atoms with van der Waals surface area (Å²) in [7, 11) is 0. The van der Waals surface area contributed by atoms with Crippen LogP contribution in [0.3, 0.4) is 0 Å². The van der Waals surface area contributed by atoms with Crippen LogP contribution in [0.15, 0.2) is 16.5 Å². The van der Waals surface area contributed by atoms with Crippen LogP contribution in [0.25, 0.3) is 0 Å². The number of nitrogens with one attached hydrogen (secondary N) is 1. The van der Waals surface area contributed by atoms with E-state index >= 15 is 0 Å². The first-order valence-electron chi connectivity index (χ1n) is 4.12. The first-order chi connectivity index (χ1) is 5.68. The van der Waals surface area contributed by atoms with E-state index in [1.165, 1.54) is 6.42 Å². The van der Waals surface area contributed by atoms with Crippen LogP contribution in [-0.2, 0) is 0 Å². The summed E-state index contributed by atoms with van der Waals surface area (Å²) in [5, 5.41) is 7.14. The molecular formula is C9H12N2O. The van der Waals surface area contributed by atoms with Crippen LogP contribution >= 0.6 is 0 Å². The van der Waals surface area contributed by atoms with Gasteiger partial charge in [-0.1, -0.05) is 6.92 Å². The zero-order valence-electron chi connectivity index (χ0n) is 7.00. The number of rotatable bonds is 2. The van der Waals surface area contributed by atoms with Crippen molar-refractivity contribution in [2.75, 3.05) is 0 Å². The lowest BCUT2D eigenvalue weighted by Crippen LogP contribution is -2.09. The summed E-state index contributed by atoms with van der Waals surface area (Å²) in [5.74, 6) is 2.78. The fourth-order valence-electron chi connectivity index (χ4n) is 1.42. The fourth-order valence-corrected chi connectivity index (χ4v) is 1.42. The Morgan fingerprint density at radius 2 is 2.33 bits per heavy atom. The Morgan fingerprint density at radius 1 is 1.67 bits per heavy atom. The average molecular weight is 164 g/mol. The second kappa shape index (κ2) is 2.37. The Labute approximate surface area is 71.1 Å². The van der Waals surface area contributed by atoms with E-state index in [-0.39, 0.29) is 5.84 Å². The molecular weight excluding hydrogens is 152 g/mol. The zero-order valence-corrected chi connectivity index (χ0v) is 7.00. The minimum atomic E-state index is 0.00885. The van der Waals surface area contributed by atoms with Gasteiger partial charge >= 0.3 is 0 Å². The molecule has 12 heavy (non-hydrogen) atoms. The van der Waals surface area contributed by atoms with E-state index in [0.717, 1.165) is 11.7 Å². The predicted octanol–water partition coefficient (Wildman–Crippen LogP) is 1.69. The lowest BCUT2D eigenvalue weighted by Gasteiger charge is -1.91. The molecule has 0 radical (unpaired) electrons. The van der Waals surface area contributed by atoms with Gasteiger partial charge in [-0.05, 0) is 24.5 Å². The Kier molecular flexibility index (Phi) is 1.46. The average Bonchev–Trinajstić information content (AvgIpc) is 2.59. The molecule has 0 amide bonds. The SMILES string of the molecule is CC1CC1c1ccc(C(=N)N)o1. The van der Waals surface area contributed by atoms with Crippen LogP contribution in [0.5, 0.6) is 0 Å². The zero-order chi connectivity index (χ0) is 8.72. The molecule has 1 aliphatic carbocycles. The van der Waals surface area contributed by atoms with Crippen LogP contribution in [0, 0.1) is 11.3 Å². The van der Waals surface area contributed by atoms with Gasteiger partial charge in [0.25, 0.3) is 0 Å². The summed E-state index contributed by atoms with van der Waals surface area (Å²) in [4.78, 5) is 0. The van der Waals surface area contributed by atoms with Gasteiger partial charge in [-0.3, -0.25) is 5.41 Å². The molecule has 3 heteroatoms. The van der Waals surface area contributed by atoms with Crippen LogP contribution in [-0.4, -0.2) is 5.84 Å². The van der Waals surface area contributed by atoms with Crippen molar-refractivity contribution in [1.29, 1.82) is 5.41 Å². The van der Waals surface area contributed by atoms with E-state index < -0.39 is 0 Å². The third kappa shape index (κ3) is 1.11. The molecule has 1 aromatic heterocycles. The van der Waals surface area contributed by atoms with E-state index in [1.54, 1.807) is 6.07 Å². The molecule has 0 bridgehead atoms. The van der Waals surface area contributed by atoms with Gasteiger partial charge in [-0.15, -0.1) is 0 Å². The van der Waals surface area contributed by atoms with E-state index in [4.69, 9.17) is 15.6 Å². The van der Waals surface area contributed by atoms with Crippen molar-refractivity contribution >= 4 is 5.84 Å². The molecule has 0 saturated heterocycles. The number of nitrogens with two attached hydrogens (primary N) is 1. The molecule has 3 nitrogen and oxygen atoms in total. The van der Waals surface area contributed by atoms with Crippen molar-refractivity contribution in [3.05, 3.63) is 23.7 Å². The van der Waals surface area contributed by atoms with E-state index in [9.17, 15) is 0 Å². The quantitative estimate of drug-likeness (QED) is 0.516. The van der Waals surface area contributed by atoms with Crippen molar-refractivity contribution in [1.82, 2.24) is 0 Å². The molecule has 1 fully saturated rings. The van der Waals surface area contributed by atoms with Crippen molar-refractivity contribution in [3.63, 3.8) is 0 Å². The molecule has 2 unspecified atom stereocenters. The first kappa shape index (κ1) is 7.40. The maximum Gasteiger partial charge on any atom is 0.168 e. The highest BCUT2D eigenvalue weighted by molar-refractivity contribution is 5.92. The van der Waals surface area contributed by atoms with Crippen LogP contribution in [0.4, 0.5) is 0 Å². The largest absolute Gasteiger partial charge is 0.458 e. The van der Waals surface area contributed by atoms with E-state index in [0.29, 0.717) is 11.7 Å². The summed E-state index contributed by atoms with van der Waals surface area (Å²) in [5.41, 5.74) is 5.27. The number of amidine groups is 1. The van der Waals surface area contributed by atoms with Gasteiger partial charge in [-0.25, -0.2) is 0 Å². The van der Waals surface area contributed by atoms with Crippen molar-refractivity contribution in [3.8, 4) is 0 Å². The molecule has 0 spiro atoms. The van der Waals surface area contributed by atoms with Gasteiger partial charge in [-0.2, -0.15) is 0 Å². The number of furan rings is 1. The smallest absolute Gasteiger partial charge is 0.168 e. The second-order valence-electron chi connectivity index (χ2n) is 3.44. The third-order valence-electron chi connectivity index (χ3n) is 2.37. The Morgan fingerprint density at radius 3 is 2.75 bits per heavy atom. The third-order valence-corrected chi connectivity index (χ3v) is 2.37. The van der Waals surface area contributed by atoms with Gasteiger partial charge in [0.15, 0.2) is 11.6 Å². The molecule has 0 aliphatic heterocycles. The maximum absolute atomic E-state index is 7.14. The normalized spacial score (nSPS) is 27.1. The van der Waals surface area contributed by atoms with Gasteiger partial charge in [0.05, 0.1) is 0 Å². The second-order valence-corrected chi connectivity index (χ2v) is 3.44. The minimum absolute atomic E-state index is 0.00885. The fraction of sp³-hybridized carbons (Fsp3) is 0.444. The number of nitrogen functional groups attached to an aromatic ring is 1. The van der Waals surface area contributed by atoms with Crippen LogP contribution in [0.1, 0.15) is 30.8 Å². The summed E-state index contributed by atoms with van der Waals surface area (Å²) >= 11 is 0. The molecule has 2 atom stereocenters. The van der Waals surface area contributed by atoms with Crippen LogP contribution in [0.2, 0.25) is 0 Å². The summed E-state index contributed by atoms with van der Waals surface area (Å²) in [6, 6.07) is 3.69. The molecule has 64 valence electrons. The highest BCUT2D eigenvalue weighted by Crippen LogP contribution is 2.47. The van der Waals surface area contributed by atoms with Crippen LogP contribution < -0.4 is 5.73 Å². The Hall–Kier alpha value is -1.25. The molecule has 1 saturated carbocycles. The Bertz CT molecular complexity index is 316. The van der Waals surface area contributed by atoms with Crippen molar-refractivity contribution < 1.29 is 4.42 Å². The molecule has 1 aromatic rings. The molecule has 1 aliphatic rings. The maximum atomic E-state index is 7.14. The minimum Gasteiger partial charge on any atom is -0.458 e. The number of hydrogen-bond acceptors (Lipinski definition) is 2. The molecule has 1 heterocycles. The highest BCUT2D eigenvalue weighted by Gasteiger charge is 2.36.